The summed E-state index contributed by atoms with van der Waals surface area (Å²) in [5.74, 6) is -0.971. The van der Waals surface area contributed by atoms with Crippen LogP contribution in [-0.2, 0) is 9.53 Å². The van der Waals surface area contributed by atoms with Crippen molar-refractivity contribution in [3.63, 3.8) is 0 Å². The summed E-state index contributed by atoms with van der Waals surface area (Å²) in [6.45, 7) is 5.29. The first-order valence-electron chi connectivity index (χ1n) is 8.66. The minimum absolute atomic E-state index is 0.0294. The maximum Gasteiger partial charge on any atom is 0.322 e. The Labute approximate surface area is 154 Å². The van der Waals surface area contributed by atoms with E-state index in [2.05, 4.69) is 27.0 Å². The highest BCUT2D eigenvalue weighted by atomic mass is 19.1. The molecule has 1 N–H and O–H groups in total. The number of piperidine rings is 1. The smallest absolute Gasteiger partial charge is 0.322 e. The molecule has 1 amide bonds. The quantitative estimate of drug-likeness (QED) is 0.884. The van der Waals surface area contributed by atoms with Crippen molar-refractivity contribution in [3.05, 3.63) is 42.3 Å². The topological polar surface area (TPSA) is 80.5 Å². The van der Waals surface area contributed by atoms with Gasteiger partial charge in [-0.25, -0.2) is 8.78 Å². The highest BCUT2D eigenvalue weighted by Crippen LogP contribution is 2.32. The average Bonchev–Trinajstić information content (AvgIpc) is 3.22. The lowest BCUT2D eigenvalue weighted by molar-refractivity contribution is -0.117. The fourth-order valence-electron chi connectivity index (χ4n) is 3.56. The Hall–Kier alpha value is -2.97. The number of fused-ring (bicyclic) bond motifs is 1. The van der Waals surface area contributed by atoms with Gasteiger partial charge in [0.1, 0.15) is 18.2 Å². The van der Waals surface area contributed by atoms with Crippen molar-refractivity contribution in [2.45, 2.75) is 25.3 Å². The molecule has 0 aliphatic carbocycles. The Morgan fingerprint density at radius 1 is 1.37 bits per heavy atom. The molecule has 2 unspecified atom stereocenters. The van der Waals surface area contributed by atoms with Crippen LogP contribution in [0.3, 0.4) is 0 Å². The molecule has 9 heteroatoms. The molecular formula is C18H18F2N4O3. The third-order valence-corrected chi connectivity index (χ3v) is 4.89. The molecule has 7 nitrogen and oxygen atoms in total. The number of hydrogen-bond acceptors (Lipinski definition) is 6. The van der Waals surface area contributed by atoms with E-state index >= 15 is 0 Å². The van der Waals surface area contributed by atoms with Crippen LogP contribution in [0.4, 0.5) is 14.8 Å². The SMILES string of the molecule is C=C1OCC2CC(CC(=O)Nc3nnc(-c4ccc(F)cc4F)o3)CCN12. The number of rotatable bonds is 4. The zero-order chi connectivity index (χ0) is 19.0. The highest BCUT2D eigenvalue weighted by molar-refractivity contribution is 5.88. The largest absolute Gasteiger partial charge is 0.477 e. The van der Waals surface area contributed by atoms with Gasteiger partial charge in [0.2, 0.25) is 5.91 Å². The van der Waals surface area contributed by atoms with Crippen LogP contribution in [0.25, 0.3) is 11.5 Å². The zero-order valence-electron chi connectivity index (χ0n) is 14.5. The Morgan fingerprint density at radius 3 is 3.04 bits per heavy atom. The number of carbonyl (C=O) groups excluding carboxylic acids is 1. The van der Waals surface area contributed by atoms with E-state index in [1.165, 1.54) is 6.07 Å². The van der Waals surface area contributed by atoms with Gasteiger partial charge in [-0.05, 0) is 37.5 Å². The van der Waals surface area contributed by atoms with Gasteiger partial charge in [-0.1, -0.05) is 5.10 Å². The van der Waals surface area contributed by atoms with Gasteiger partial charge < -0.3 is 14.1 Å². The molecule has 0 saturated carbocycles. The van der Waals surface area contributed by atoms with E-state index in [1.54, 1.807) is 0 Å². The molecule has 142 valence electrons. The second-order valence-corrected chi connectivity index (χ2v) is 6.73. The molecule has 2 aromatic rings. The van der Waals surface area contributed by atoms with E-state index in [-0.39, 0.29) is 35.3 Å². The first-order chi connectivity index (χ1) is 13.0. The van der Waals surface area contributed by atoms with Crippen LogP contribution in [-0.4, -0.2) is 40.2 Å². The summed E-state index contributed by atoms with van der Waals surface area (Å²) >= 11 is 0. The normalized spacial score (nSPS) is 21.7. The summed E-state index contributed by atoms with van der Waals surface area (Å²) in [5.41, 5.74) is -0.0294. The molecular weight excluding hydrogens is 358 g/mol. The second-order valence-electron chi connectivity index (χ2n) is 6.73. The van der Waals surface area contributed by atoms with Gasteiger partial charge in [0.25, 0.3) is 5.89 Å². The van der Waals surface area contributed by atoms with Crippen LogP contribution in [0.1, 0.15) is 19.3 Å². The van der Waals surface area contributed by atoms with Crippen LogP contribution in [0.5, 0.6) is 0 Å². The Balaban J connectivity index is 1.35. The third-order valence-electron chi connectivity index (χ3n) is 4.89. The molecule has 1 aromatic carbocycles. The molecule has 1 aromatic heterocycles. The standard InChI is InChI=1S/C18H18F2N4O3/c1-10-24-5-4-11(6-13(24)9-26-10)7-16(25)21-18-23-22-17(27-18)14-3-2-12(19)8-15(14)20/h2-3,8,11,13H,1,4-7,9H2,(H,21,23,25). The summed E-state index contributed by atoms with van der Waals surface area (Å²) in [7, 11) is 0. The summed E-state index contributed by atoms with van der Waals surface area (Å²) in [5, 5.41) is 9.95. The molecule has 27 heavy (non-hydrogen) atoms. The molecule has 2 atom stereocenters. The number of nitrogens with zero attached hydrogens (tertiary/aromatic N) is 3. The molecule has 0 radical (unpaired) electrons. The molecule has 0 spiro atoms. The number of benzene rings is 1. The van der Waals surface area contributed by atoms with E-state index < -0.39 is 11.6 Å². The van der Waals surface area contributed by atoms with E-state index in [1.807, 2.05) is 0 Å². The second kappa shape index (κ2) is 6.98. The number of halogens is 2. The number of carbonyl (C=O) groups is 1. The van der Waals surface area contributed by atoms with Crippen LogP contribution in [0.15, 0.2) is 35.1 Å². The number of anilines is 1. The fourth-order valence-corrected chi connectivity index (χ4v) is 3.56. The Kier molecular flexibility index (Phi) is 4.51. The van der Waals surface area contributed by atoms with Gasteiger partial charge in [-0.15, -0.1) is 5.10 Å². The minimum Gasteiger partial charge on any atom is -0.477 e. The van der Waals surface area contributed by atoms with Crippen LogP contribution in [0, 0.1) is 17.6 Å². The van der Waals surface area contributed by atoms with Crippen molar-refractivity contribution in [3.8, 4) is 11.5 Å². The summed E-state index contributed by atoms with van der Waals surface area (Å²) in [4.78, 5) is 14.4. The summed E-state index contributed by atoms with van der Waals surface area (Å²) < 4.78 is 37.5. The molecule has 2 aliphatic rings. The van der Waals surface area contributed by atoms with Gasteiger partial charge in [-0.2, -0.15) is 0 Å². The maximum absolute atomic E-state index is 13.8. The number of ether oxygens (including phenoxy) is 1. The Morgan fingerprint density at radius 2 is 2.22 bits per heavy atom. The first-order valence-corrected chi connectivity index (χ1v) is 8.66. The summed E-state index contributed by atoms with van der Waals surface area (Å²) in [6.07, 6.45) is 2.03. The number of aromatic nitrogens is 2. The van der Waals surface area contributed by atoms with Crippen molar-refractivity contribution in [1.82, 2.24) is 15.1 Å². The number of nitrogens with one attached hydrogen (secondary N) is 1. The van der Waals surface area contributed by atoms with Crippen molar-refractivity contribution >= 4 is 11.9 Å². The summed E-state index contributed by atoms with van der Waals surface area (Å²) in [6, 6.07) is 3.17. The first kappa shape index (κ1) is 17.4. The monoisotopic (exact) mass is 376 g/mol. The van der Waals surface area contributed by atoms with Crippen LogP contribution in [0.2, 0.25) is 0 Å². The number of amides is 1. The van der Waals surface area contributed by atoms with Crippen molar-refractivity contribution < 1.29 is 22.7 Å². The minimum atomic E-state index is -0.816. The average molecular weight is 376 g/mol. The lowest BCUT2D eigenvalue weighted by atomic mass is 9.89. The van der Waals surface area contributed by atoms with E-state index in [0.717, 1.165) is 31.5 Å². The predicted molar refractivity (Wildman–Crippen MR) is 91.2 cm³/mol. The van der Waals surface area contributed by atoms with E-state index in [4.69, 9.17) is 9.15 Å². The fraction of sp³-hybridized carbons (Fsp3) is 0.389. The van der Waals surface area contributed by atoms with Crippen LogP contribution >= 0.6 is 0 Å². The Bertz CT molecular complexity index is 885. The van der Waals surface area contributed by atoms with Gasteiger partial charge in [0.15, 0.2) is 5.88 Å². The highest BCUT2D eigenvalue weighted by Gasteiger charge is 2.35. The van der Waals surface area contributed by atoms with Gasteiger partial charge in [0.05, 0.1) is 11.6 Å². The number of hydrogen-bond donors (Lipinski definition) is 1. The zero-order valence-corrected chi connectivity index (χ0v) is 14.5. The maximum atomic E-state index is 13.8. The molecule has 4 rings (SSSR count). The molecule has 2 saturated heterocycles. The van der Waals surface area contributed by atoms with Crippen molar-refractivity contribution in [2.24, 2.45) is 5.92 Å². The van der Waals surface area contributed by atoms with Crippen LogP contribution < -0.4 is 5.32 Å². The van der Waals surface area contributed by atoms with E-state index in [0.29, 0.717) is 18.9 Å². The van der Waals surface area contributed by atoms with E-state index in [9.17, 15) is 13.6 Å². The van der Waals surface area contributed by atoms with Gasteiger partial charge in [0, 0.05) is 19.0 Å². The molecule has 3 heterocycles. The lowest BCUT2D eigenvalue weighted by Gasteiger charge is -2.33. The molecule has 2 aliphatic heterocycles. The predicted octanol–water partition coefficient (Wildman–Crippen LogP) is 2.93. The van der Waals surface area contributed by atoms with Crippen molar-refractivity contribution in [2.75, 3.05) is 18.5 Å². The lowest BCUT2D eigenvalue weighted by Crippen LogP contribution is -2.39. The third kappa shape index (κ3) is 3.62. The molecule has 2 fully saturated rings. The molecule has 0 bridgehead atoms. The van der Waals surface area contributed by atoms with Gasteiger partial charge in [-0.3, -0.25) is 10.1 Å². The van der Waals surface area contributed by atoms with Gasteiger partial charge >= 0.3 is 6.01 Å². The van der Waals surface area contributed by atoms with Crippen molar-refractivity contribution in [1.29, 1.82) is 0 Å².